The molecule has 1 unspecified atom stereocenters. The average Bonchev–Trinajstić information content (AvgIpc) is 3.16. The van der Waals surface area contributed by atoms with Crippen LogP contribution in [0.3, 0.4) is 0 Å². The SMILES string of the molecule is Oc1ccccc1C1OC(c2ccccc2)=NC(=S)N1n1cnnc1. The Kier molecular flexibility index (Phi) is 3.87. The van der Waals surface area contributed by atoms with E-state index in [9.17, 15) is 5.11 Å². The van der Waals surface area contributed by atoms with Crippen molar-refractivity contribution in [3.8, 4) is 5.75 Å². The molecule has 1 aliphatic rings. The van der Waals surface area contributed by atoms with Gasteiger partial charge in [0.1, 0.15) is 18.4 Å². The van der Waals surface area contributed by atoms with E-state index in [1.807, 2.05) is 36.4 Å². The summed E-state index contributed by atoms with van der Waals surface area (Å²) in [4.78, 5) is 4.39. The molecule has 1 atom stereocenters. The van der Waals surface area contributed by atoms with Crippen LogP contribution in [0.2, 0.25) is 0 Å². The quantitative estimate of drug-likeness (QED) is 0.730. The van der Waals surface area contributed by atoms with Crippen LogP contribution in [0.1, 0.15) is 17.4 Å². The van der Waals surface area contributed by atoms with Crippen molar-refractivity contribution in [3.05, 3.63) is 78.4 Å². The molecule has 2 heterocycles. The summed E-state index contributed by atoms with van der Waals surface area (Å²) in [6, 6.07) is 16.4. The lowest BCUT2D eigenvalue weighted by molar-refractivity contribution is 0.168. The highest BCUT2D eigenvalue weighted by molar-refractivity contribution is 7.80. The molecule has 0 radical (unpaired) electrons. The van der Waals surface area contributed by atoms with Crippen LogP contribution >= 0.6 is 12.2 Å². The largest absolute Gasteiger partial charge is 0.507 e. The fourth-order valence-electron chi connectivity index (χ4n) is 2.55. The molecule has 0 bridgehead atoms. The van der Waals surface area contributed by atoms with Gasteiger partial charge in [-0.2, -0.15) is 4.99 Å². The van der Waals surface area contributed by atoms with Crippen LogP contribution in [-0.4, -0.2) is 31.0 Å². The number of hydrogen-bond acceptors (Lipinski definition) is 5. The lowest BCUT2D eigenvalue weighted by atomic mass is 10.1. The van der Waals surface area contributed by atoms with E-state index >= 15 is 0 Å². The number of phenolic OH excluding ortho intramolecular Hbond substituents is 1. The average molecular weight is 351 g/mol. The smallest absolute Gasteiger partial charge is 0.225 e. The molecule has 124 valence electrons. The molecule has 0 aliphatic carbocycles. The number of aromatic nitrogens is 3. The summed E-state index contributed by atoms with van der Waals surface area (Å²) in [7, 11) is 0. The zero-order chi connectivity index (χ0) is 17.2. The number of rotatable bonds is 3. The van der Waals surface area contributed by atoms with E-state index in [0.717, 1.165) is 5.56 Å². The molecular formula is C17H13N5O2S. The van der Waals surface area contributed by atoms with Crippen LogP contribution < -0.4 is 5.01 Å². The lowest BCUT2D eigenvalue weighted by Gasteiger charge is -2.35. The minimum absolute atomic E-state index is 0.0997. The Morgan fingerprint density at radius 3 is 2.36 bits per heavy atom. The molecule has 0 spiro atoms. The first-order chi connectivity index (χ1) is 12.2. The molecule has 0 saturated heterocycles. The summed E-state index contributed by atoms with van der Waals surface area (Å²) in [5, 5.41) is 19.8. The Hall–Kier alpha value is -3.26. The second-order valence-corrected chi connectivity index (χ2v) is 5.65. The first kappa shape index (κ1) is 15.3. The third-order valence-corrected chi connectivity index (χ3v) is 4.00. The Morgan fingerprint density at radius 2 is 1.64 bits per heavy atom. The number of phenols is 1. The summed E-state index contributed by atoms with van der Waals surface area (Å²) in [6.07, 6.45) is 2.27. The number of aromatic hydroxyl groups is 1. The van der Waals surface area contributed by atoms with Gasteiger partial charge in [0, 0.05) is 5.56 Å². The summed E-state index contributed by atoms with van der Waals surface area (Å²) < 4.78 is 7.67. The monoisotopic (exact) mass is 351 g/mol. The van der Waals surface area contributed by atoms with E-state index in [0.29, 0.717) is 11.5 Å². The van der Waals surface area contributed by atoms with Gasteiger partial charge in [-0.15, -0.1) is 10.2 Å². The molecule has 1 N–H and O–H groups in total. The predicted molar refractivity (Wildman–Crippen MR) is 95.7 cm³/mol. The fraction of sp³-hybridized carbons (Fsp3) is 0.0588. The van der Waals surface area contributed by atoms with Gasteiger partial charge in [-0.1, -0.05) is 30.3 Å². The van der Waals surface area contributed by atoms with Gasteiger partial charge < -0.3 is 9.84 Å². The number of hydrogen-bond donors (Lipinski definition) is 1. The van der Waals surface area contributed by atoms with Crippen LogP contribution in [0.25, 0.3) is 0 Å². The molecule has 0 fully saturated rings. The maximum atomic E-state index is 10.3. The molecule has 2 aromatic carbocycles. The van der Waals surface area contributed by atoms with Crippen molar-refractivity contribution in [2.24, 2.45) is 4.99 Å². The van der Waals surface area contributed by atoms with Crippen LogP contribution in [0, 0.1) is 0 Å². The zero-order valence-electron chi connectivity index (χ0n) is 12.9. The van der Waals surface area contributed by atoms with Crippen molar-refractivity contribution in [2.45, 2.75) is 6.23 Å². The molecule has 7 nitrogen and oxygen atoms in total. The molecule has 4 rings (SSSR count). The molecule has 25 heavy (non-hydrogen) atoms. The molecule has 1 aliphatic heterocycles. The van der Waals surface area contributed by atoms with Crippen LogP contribution in [-0.2, 0) is 4.74 Å². The van der Waals surface area contributed by atoms with Gasteiger partial charge in [0.05, 0.1) is 5.56 Å². The van der Waals surface area contributed by atoms with Crippen molar-refractivity contribution >= 4 is 23.2 Å². The molecule has 0 saturated carbocycles. The van der Waals surface area contributed by atoms with Crippen LogP contribution in [0.4, 0.5) is 0 Å². The minimum Gasteiger partial charge on any atom is -0.507 e. The summed E-state index contributed by atoms with van der Waals surface area (Å²) in [5.74, 6) is 0.492. The number of thiocarbonyl (C=S) groups is 1. The third kappa shape index (κ3) is 2.83. The second-order valence-electron chi connectivity index (χ2n) is 5.28. The Bertz CT molecular complexity index is 927. The summed E-state index contributed by atoms with van der Waals surface area (Å²) in [5.41, 5.74) is 1.36. The van der Waals surface area contributed by atoms with Crippen molar-refractivity contribution in [1.29, 1.82) is 0 Å². The molecular weight excluding hydrogens is 338 g/mol. The van der Waals surface area contributed by atoms with Crippen LogP contribution in [0.5, 0.6) is 5.75 Å². The highest BCUT2D eigenvalue weighted by Crippen LogP contribution is 2.32. The molecule has 1 aromatic heterocycles. The van der Waals surface area contributed by atoms with E-state index < -0.39 is 6.23 Å². The number of para-hydroxylation sites is 1. The van der Waals surface area contributed by atoms with Crippen molar-refractivity contribution in [2.75, 3.05) is 5.01 Å². The van der Waals surface area contributed by atoms with Crippen LogP contribution in [0.15, 0.2) is 72.2 Å². The maximum absolute atomic E-state index is 10.3. The fourth-order valence-corrected chi connectivity index (χ4v) is 2.82. The topological polar surface area (TPSA) is 75.8 Å². The first-order valence-electron chi connectivity index (χ1n) is 7.51. The van der Waals surface area contributed by atoms with Gasteiger partial charge in [-0.25, -0.2) is 9.69 Å². The van der Waals surface area contributed by atoms with Gasteiger partial charge >= 0.3 is 0 Å². The Balaban J connectivity index is 1.82. The molecule has 0 amide bonds. The standard InChI is InChI=1S/C17H13N5O2S/c23-14-9-5-4-8-13(14)16-22(21-10-18-19-11-21)17(25)20-15(24-16)12-6-2-1-3-7-12/h1-11,16,23H. The second kappa shape index (κ2) is 6.33. The summed E-state index contributed by atoms with van der Waals surface area (Å²) in [6.45, 7) is 0. The number of aliphatic imine (C=N–C) groups is 1. The highest BCUT2D eigenvalue weighted by atomic mass is 32.1. The van der Waals surface area contributed by atoms with E-state index in [1.54, 1.807) is 27.9 Å². The molecule has 8 heteroatoms. The van der Waals surface area contributed by atoms with E-state index in [2.05, 4.69) is 15.2 Å². The highest BCUT2D eigenvalue weighted by Gasteiger charge is 2.34. The predicted octanol–water partition coefficient (Wildman–Crippen LogP) is 2.38. The zero-order valence-corrected chi connectivity index (χ0v) is 13.7. The van der Waals surface area contributed by atoms with Gasteiger partial charge in [-0.3, -0.25) is 0 Å². The number of ether oxygens (including phenoxy) is 1. The molecule has 3 aromatic rings. The van der Waals surface area contributed by atoms with Crippen molar-refractivity contribution in [3.63, 3.8) is 0 Å². The summed E-state index contributed by atoms with van der Waals surface area (Å²) >= 11 is 5.47. The maximum Gasteiger partial charge on any atom is 0.225 e. The van der Waals surface area contributed by atoms with Gasteiger partial charge in [0.15, 0.2) is 0 Å². The minimum atomic E-state index is -0.711. The van der Waals surface area contributed by atoms with E-state index in [-0.39, 0.29) is 10.9 Å². The number of benzene rings is 2. The lowest BCUT2D eigenvalue weighted by Crippen LogP contribution is -2.46. The normalized spacial score (nSPS) is 17.1. The number of nitrogens with zero attached hydrogens (tertiary/aromatic N) is 5. The van der Waals surface area contributed by atoms with Gasteiger partial charge in [0.2, 0.25) is 17.2 Å². The van der Waals surface area contributed by atoms with Gasteiger partial charge in [0.25, 0.3) is 0 Å². The van der Waals surface area contributed by atoms with Crippen molar-refractivity contribution in [1.82, 2.24) is 14.9 Å². The third-order valence-electron chi connectivity index (χ3n) is 3.72. The Labute approximate surface area is 148 Å². The Morgan fingerprint density at radius 1 is 0.960 bits per heavy atom. The van der Waals surface area contributed by atoms with E-state index in [4.69, 9.17) is 17.0 Å². The first-order valence-corrected chi connectivity index (χ1v) is 7.91. The van der Waals surface area contributed by atoms with Gasteiger partial charge in [-0.05, 0) is 36.5 Å². The van der Waals surface area contributed by atoms with E-state index in [1.165, 1.54) is 12.7 Å². The van der Waals surface area contributed by atoms with Crippen molar-refractivity contribution < 1.29 is 9.84 Å².